The van der Waals surface area contributed by atoms with Gasteiger partial charge < -0.3 is 19.9 Å². The van der Waals surface area contributed by atoms with Crippen LogP contribution in [0.1, 0.15) is 35.0 Å². The van der Waals surface area contributed by atoms with Gasteiger partial charge >= 0.3 is 5.97 Å². The number of hydrazone groups is 1. The van der Waals surface area contributed by atoms with Crippen LogP contribution in [-0.4, -0.2) is 35.4 Å². The Hall–Kier alpha value is -3.66. The maximum atomic E-state index is 13.0. The molecule has 10 heteroatoms. The van der Waals surface area contributed by atoms with E-state index in [0.717, 1.165) is 0 Å². The maximum Gasteiger partial charge on any atom is 0.307 e. The predicted molar refractivity (Wildman–Crippen MR) is 118 cm³/mol. The fraction of sp³-hybridized carbons (Fsp3) is 0.273. The van der Waals surface area contributed by atoms with E-state index in [1.54, 1.807) is 42.6 Å². The van der Waals surface area contributed by atoms with Crippen molar-refractivity contribution in [1.82, 2.24) is 5.43 Å². The monoisotopic (exact) mass is 455 g/mol. The van der Waals surface area contributed by atoms with Gasteiger partial charge in [0.25, 0.3) is 5.91 Å². The number of carbonyl (C=O) groups excluding carboxylic acids is 2. The number of anilines is 1. The number of fused-ring (bicyclic) bond motifs is 1. The largest absolute Gasteiger partial charge is 0.481 e. The number of benzene rings is 1. The number of thiophene rings is 1. The summed E-state index contributed by atoms with van der Waals surface area (Å²) in [5, 5.41) is 18.3. The fourth-order valence-corrected chi connectivity index (χ4v) is 4.22. The molecule has 2 atom stereocenters. The Balaban J connectivity index is 1.59. The van der Waals surface area contributed by atoms with E-state index in [9.17, 15) is 19.5 Å². The number of nitrogens with zero attached hydrogens (tertiary/aromatic N) is 1. The Morgan fingerprint density at radius 2 is 1.84 bits per heavy atom. The van der Waals surface area contributed by atoms with Crippen LogP contribution in [0.3, 0.4) is 0 Å². The SMILES string of the molecule is CC(=NNC(=O)c1cccs1)c1cc2c(cc1NC(=O)[C@@H]1CC=CC[C@H]1C(=O)O)OCO2. The number of ether oxygens (including phenoxy) is 2. The number of nitrogens with one attached hydrogen (secondary N) is 2. The minimum absolute atomic E-state index is 0.0476. The predicted octanol–water partition coefficient (Wildman–Crippen LogP) is 3.24. The second-order valence-electron chi connectivity index (χ2n) is 7.35. The van der Waals surface area contributed by atoms with Crippen LogP contribution in [0, 0.1) is 11.8 Å². The first-order valence-corrected chi connectivity index (χ1v) is 10.8. The third-order valence-corrected chi connectivity index (χ3v) is 6.19. The zero-order valence-electron chi connectivity index (χ0n) is 17.2. The summed E-state index contributed by atoms with van der Waals surface area (Å²) in [5.41, 5.74) is 3.85. The van der Waals surface area contributed by atoms with Gasteiger partial charge in [-0.1, -0.05) is 18.2 Å². The molecule has 1 aromatic carbocycles. The van der Waals surface area contributed by atoms with Crippen LogP contribution in [0.15, 0.2) is 46.9 Å². The summed E-state index contributed by atoms with van der Waals surface area (Å²) in [7, 11) is 0. The second-order valence-corrected chi connectivity index (χ2v) is 8.30. The molecule has 2 aromatic rings. The van der Waals surface area contributed by atoms with E-state index in [4.69, 9.17) is 9.47 Å². The number of rotatable bonds is 6. The molecule has 3 N–H and O–H groups in total. The molecular formula is C22H21N3O6S. The lowest BCUT2D eigenvalue weighted by Gasteiger charge is -2.24. The zero-order valence-corrected chi connectivity index (χ0v) is 18.0. The first-order chi connectivity index (χ1) is 15.4. The van der Waals surface area contributed by atoms with Crippen molar-refractivity contribution >= 4 is 40.5 Å². The summed E-state index contributed by atoms with van der Waals surface area (Å²) in [6, 6.07) is 6.74. The molecule has 0 spiro atoms. The average Bonchev–Trinajstić information content (AvgIpc) is 3.48. The van der Waals surface area contributed by atoms with Crippen LogP contribution in [0.2, 0.25) is 0 Å². The lowest BCUT2D eigenvalue weighted by atomic mass is 9.82. The van der Waals surface area contributed by atoms with E-state index >= 15 is 0 Å². The summed E-state index contributed by atoms with van der Waals surface area (Å²) in [5.74, 6) is -2.31. The molecule has 1 aliphatic carbocycles. The minimum Gasteiger partial charge on any atom is -0.481 e. The van der Waals surface area contributed by atoms with E-state index in [0.29, 0.717) is 46.2 Å². The van der Waals surface area contributed by atoms with E-state index in [2.05, 4.69) is 15.8 Å². The van der Waals surface area contributed by atoms with Crippen molar-refractivity contribution in [3.05, 3.63) is 52.2 Å². The van der Waals surface area contributed by atoms with Crippen molar-refractivity contribution in [3.63, 3.8) is 0 Å². The molecule has 166 valence electrons. The first kappa shape index (κ1) is 21.6. The van der Waals surface area contributed by atoms with Gasteiger partial charge in [-0.25, -0.2) is 5.43 Å². The third-order valence-electron chi connectivity index (χ3n) is 5.32. The molecule has 0 bridgehead atoms. The Labute approximate surface area is 187 Å². The summed E-state index contributed by atoms with van der Waals surface area (Å²) in [4.78, 5) is 37.3. The highest BCUT2D eigenvalue weighted by Crippen LogP contribution is 2.38. The van der Waals surface area contributed by atoms with Crippen LogP contribution >= 0.6 is 11.3 Å². The Morgan fingerprint density at radius 3 is 2.53 bits per heavy atom. The topological polar surface area (TPSA) is 126 Å². The number of allylic oxidation sites excluding steroid dienone is 2. The van der Waals surface area contributed by atoms with Gasteiger partial charge in [0.05, 0.1) is 28.1 Å². The molecule has 1 aliphatic heterocycles. The van der Waals surface area contributed by atoms with E-state index in [-0.39, 0.29) is 12.7 Å². The Morgan fingerprint density at radius 1 is 1.12 bits per heavy atom. The molecule has 0 saturated carbocycles. The summed E-state index contributed by atoms with van der Waals surface area (Å²) >= 11 is 1.30. The molecule has 2 heterocycles. The molecule has 0 saturated heterocycles. The smallest absolute Gasteiger partial charge is 0.307 e. The van der Waals surface area contributed by atoms with Crippen molar-refractivity contribution in [2.75, 3.05) is 12.1 Å². The lowest BCUT2D eigenvalue weighted by molar-refractivity contribution is -0.146. The standard InChI is InChI=1S/C22H21N3O6S/c1-12(24-25-21(27)19-7-4-8-32-19)15-9-17-18(31-11-30-17)10-16(15)23-20(26)13-5-2-3-6-14(13)22(28)29/h2-4,7-10,13-14H,5-6,11H2,1H3,(H,23,26)(H,25,27)(H,28,29)/t13-,14-/m1/s1. The molecule has 0 radical (unpaired) electrons. The number of carbonyl (C=O) groups is 3. The highest BCUT2D eigenvalue weighted by molar-refractivity contribution is 7.12. The summed E-state index contributed by atoms with van der Waals surface area (Å²) < 4.78 is 10.9. The highest BCUT2D eigenvalue weighted by atomic mass is 32.1. The molecule has 9 nitrogen and oxygen atoms in total. The quantitative estimate of drug-likeness (QED) is 0.349. The molecule has 0 unspecified atom stereocenters. The number of hydrogen-bond donors (Lipinski definition) is 3. The van der Waals surface area contributed by atoms with Crippen molar-refractivity contribution in [1.29, 1.82) is 0 Å². The second kappa shape index (κ2) is 9.23. The van der Waals surface area contributed by atoms with Crippen LogP contribution in [0.4, 0.5) is 5.69 Å². The highest BCUT2D eigenvalue weighted by Gasteiger charge is 2.34. The van der Waals surface area contributed by atoms with Gasteiger partial charge in [0.2, 0.25) is 12.7 Å². The van der Waals surface area contributed by atoms with E-state index < -0.39 is 23.7 Å². The number of amides is 2. The maximum absolute atomic E-state index is 13.0. The number of aliphatic carboxylic acids is 1. The van der Waals surface area contributed by atoms with E-state index in [1.165, 1.54) is 11.3 Å². The molecule has 0 fully saturated rings. The molecule has 4 rings (SSSR count). The minimum atomic E-state index is -1.01. The molecule has 2 amide bonds. The number of hydrogen-bond acceptors (Lipinski definition) is 7. The average molecular weight is 455 g/mol. The molecule has 2 aliphatic rings. The van der Waals surface area contributed by atoms with E-state index in [1.807, 2.05) is 6.08 Å². The van der Waals surface area contributed by atoms with Crippen molar-refractivity contribution in [3.8, 4) is 11.5 Å². The molecule has 1 aromatic heterocycles. The summed E-state index contributed by atoms with van der Waals surface area (Å²) in [6.45, 7) is 1.73. The van der Waals surface area contributed by atoms with Crippen LogP contribution in [0.25, 0.3) is 0 Å². The van der Waals surface area contributed by atoms with Gasteiger partial charge in [-0.2, -0.15) is 5.10 Å². The Bertz CT molecular complexity index is 1110. The van der Waals surface area contributed by atoms with Gasteiger partial charge in [0, 0.05) is 11.6 Å². The summed E-state index contributed by atoms with van der Waals surface area (Å²) in [6.07, 6.45) is 4.24. The lowest BCUT2D eigenvalue weighted by Crippen LogP contribution is -2.35. The van der Waals surface area contributed by atoms with Crippen molar-refractivity contribution in [2.45, 2.75) is 19.8 Å². The fourth-order valence-electron chi connectivity index (χ4n) is 3.60. The van der Waals surface area contributed by atoms with Gasteiger partial charge in [-0.05, 0) is 37.3 Å². The number of carboxylic acid groups (broad SMARTS) is 1. The van der Waals surface area contributed by atoms with Gasteiger partial charge in [0.1, 0.15) is 0 Å². The van der Waals surface area contributed by atoms with Gasteiger partial charge in [-0.3, -0.25) is 14.4 Å². The number of carboxylic acids is 1. The van der Waals surface area contributed by atoms with Crippen LogP contribution in [0.5, 0.6) is 11.5 Å². The normalized spacial score (nSPS) is 19.5. The van der Waals surface area contributed by atoms with Crippen LogP contribution in [-0.2, 0) is 9.59 Å². The third kappa shape index (κ3) is 4.50. The van der Waals surface area contributed by atoms with Gasteiger partial charge in [0.15, 0.2) is 11.5 Å². The van der Waals surface area contributed by atoms with Crippen molar-refractivity contribution in [2.24, 2.45) is 16.9 Å². The first-order valence-electron chi connectivity index (χ1n) is 9.95. The molecule has 32 heavy (non-hydrogen) atoms. The van der Waals surface area contributed by atoms with Crippen molar-refractivity contribution < 1.29 is 29.0 Å². The Kier molecular flexibility index (Phi) is 6.22. The molecular weight excluding hydrogens is 434 g/mol. The van der Waals surface area contributed by atoms with Crippen LogP contribution < -0.4 is 20.2 Å². The zero-order chi connectivity index (χ0) is 22.7. The van der Waals surface area contributed by atoms with Gasteiger partial charge in [-0.15, -0.1) is 11.3 Å².